The van der Waals surface area contributed by atoms with E-state index in [9.17, 15) is 9.59 Å². The van der Waals surface area contributed by atoms with Crippen LogP contribution in [0.3, 0.4) is 0 Å². The van der Waals surface area contributed by atoms with E-state index < -0.39 is 5.60 Å². The molecule has 1 amide bonds. The first kappa shape index (κ1) is 17.0. The quantitative estimate of drug-likeness (QED) is 0.752. The van der Waals surface area contributed by atoms with Gasteiger partial charge in [0.1, 0.15) is 5.60 Å². The summed E-state index contributed by atoms with van der Waals surface area (Å²) in [7, 11) is 0. The van der Waals surface area contributed by atoms with Gasteiger partial charge in [0.2, 0.25) is 5.91 Å². The Morgan fingerprint density at radius 1 is 1.30 bits per heavy atom. The molecule has 0 bridgehead atoms. The summed E-state index contributed by atoms with van der Waals surface area (Å²) < 4.78 is 5.17. The molecule has 1 N–H and O–H groups in total. The smallest absolute Gasteiger partial charge is 0.306 e. The number of hydrogen-bond donors (Lipinski definition) is 1. The van der Waals surface area contributed by atoms with E-state index in [0.29, 0.717) is 12.5 Å². The van der Waals surface area contributed by atoms with E-state index in [2.05, 4.69) is 17.1 Å². The lowest BCUT2D eigenvalue weighted by molar-refractivity contribution is -0.155. The molecule has 1 atom stereocenters. The van der Waals surface area contributed by atoms with Crippen LogP contribution in [0.2, 0.25) is 0 Å². The maximum Gasteiger partial charge on any atom is 0.306 e. The van der Waals surface area contributed by atoms with Gasteiger partial charge in [0, 0.05) is 19.5 Å². The molecule has 0 radical (unpaired) electrons. The van der Waals surface area contributed by atoms with Crippen molar-refractivity contribution in [3.05, 3.63) is 0 Å². The van der Waals surface area contributed by atoms with Gasteiger partial charge in [-0.15, -0.1) is 0 Å². The first-order valence-electron chi connectivity index (χ1n) is 7.51. The highest BCUT2D eigenvalue weighted by Crippen LogP contribution is 2.14. The van der Waals surface area contributed by atoms with E-state index in [1.54, 1.807) is 0 Å². The molecule has 1 aliphatic rings. The molecule has 1 saturated heterocycles. The second-order valence-corrected chi connectivity index (χ2v) is 6.44. The Morgan fingerprint density at radius 3 is 2.55 bits per heavy atom. The highest BCUT2D eigenvalue weighted by molar-refractivity contribution is 5.81. The largest absolute Gasteiger partial charge is 0.460 e. The first-order valence-corrected chi connectivity index (χ1v) is 7.51. The van der Waals surface area contributed by atoms with Gasteiger partial charge in [-0.2, -0.15) is 0 Å². The first-order chi connectivity index (χ1) is 9.30. The van der Waals surface area contributed by atoms with Crippen molar-refractivity contribution in [2.24, 2.45) is 5.92 Å². The maximum atomic E-state index is 11.7. The van der Waals surface area contributed by atoms with Gasteiger partial charge < -0.3 is 15.0 Å². The third-order valence-electron chi connectivity index (χ3n) is 3.38. The van der Waals surface area contributed by atoms with E-state index in [-0.39, 0.29) is 24.7 Å². The molecule has 1 heterocycles. The van der Waals surface area contributed by atoms with Gasteiger partial charge in [-0.05, 0) is 46.2 Å². The van der Waals surface area contributed by atoms with E-state index in [0.717, 1.165) is 26.1 Å². The molecule has 5 nitrogen and oxygen atoms in total. The van der Waals surface area contributed by atoms with E-state index in [4.69, 9.17) is 4.74 Å². The van der Waals surface area contributed by atoms with Crippen LogP contribution in [-0.2, 0) is 14.3 Å². The molecule has 0 spiro atoms. The van der Waals surface area contributed by atoms with Crippen LogP contribution in [0.25, 0.3) is 0 Å². The molecule has 0 aromatic carbocycles. The normalized spacial score (nSPS) is 19.9. The lowest BCUT2D eigenvalue weighted by Crippen LogP contribution is -2.31. The molecule has 5 heteroatoms. The molecule has 0 aromatic heterocycles. The van der Waals surface area contributed by atoms with Crippen molar-refractivity contribution in [1.29, 1.82) is 0 Å². The predicted molar refractivity (Wildman–Crippen MR) is 78.3 cm³/mol. The molecular weight excluding hydrogens is 256 g/mol. The highest BCUT2D eigenvalue weighted by atomic mass is 16.6. The van der Waals surface area contributed by atoms with Crippen LogP contribution in [0, 0.1) is 5.92 Å². The fraction of sp³-hybridized carbons (Fsp3) is 0.867. The molecule has 0 aromatic rings. The molecule has 1 aliphatic heterocycles. The second-order valence-electron chi connectivity index (χ2n) is 6.44. The second kappa shape index (κ2) is 7.62. The summed E-state index contributed by atoms with van der Waals surface area (Å²) in [5.41, 5.74) is -0.485. The Bertz CT molecular complexity index is 337. The van der Waals surface area contributed by atoms with Gasteiger partial charge in [-0.3, -0.25) is 9.59 Å². The van der Waals surface area contributed by atoms with Gasteiger partial charge in [0.05, 0.1) is 6.42 Å². The van der Waals surface area contributed by atoms with Crippen molar-refractivity contribution in [2.75, 3.05) is 26.2 Å². The molecule has 1 fully saturated rings. The topological polar surface area (TPSA) is 58.6 Å². The lowest BCUT2D eigenvalue weighted by Gasteiger charge is -2.19. The Balaban J connectivity index is 2.13. The van der Waals surface area contributed by atoms with Crippen molar-refractivity contribution in [3.63, 3.8) is 0 Å². The predicted octanol–water partition coefficient (Wildman–Crippen LogP) is 1.57. The Labute approximate surface area is 122 Å². The number of ether oxygens (including phenoxy) is 1. The minimum absolute atomic E-state index is 0.0641. The Kier molecular flexibility index (Phi) is 6.46. The maximum absolute atomic E-state index is 11.7. The zero-order valence-corrected chi connectivity index (χ0v) is 13.2. The fourth-order valence-electron chi connectivity index (χ4n) is 2.32. The van der Waals surface area contributed by atoms with Crippen LogP contribution >= 0.6 is 0 Å². The zero-order valence-electron chi connectivity index (χ0n) is 13.2. The van der Waals surface area contributed by atoms with Gasteiger partial charge in [0.15, 0.2) is 0 Å². The van der Waals surface area contributed by atoms with Crippen molar-refractivity contribution in [3.8, 4) is 0 Å². The summed E-state index contributed by atoms with van der Waals surface area (Å²) in [4.78, 5) is 25.6. The van der Waals surface area contributed by atoms with E-state index in [1.807, 2.05) is 20.8 Å². The van der Waals surface area contributed by atoms with Crippen LogP contribution in [0.5, 0.6) is 0 Å². The Hall–Kier alpha value is -1.10. The number of nitrogens with one attached hydrogen (secondary N) is 1. The molecular formula is C15H28N2O3. The number of rotatable bonds is 6. The van der Waals surface area contributed by atoms with E-state index >= 15 is 0 Å². The van der Waals surface area contributed by atoms with Crippen molar-refractivity contribution < 1.29 is 14.3 Å². The monoisotopic (exact) mass is 284 g/mol. The summed E-state index contributed by atoms with van der Waals surface area (Å²) in [6.07, 6.45) is 1.49. The summed E-state index contributed by atoms with van der Waals surface area (Å²) in [6.45, 7) is 11.6. The lowest BCUT2D eigenvalue weighted by atomic mass is 10.1. The van der Waals surface area contributed by atoms with Crippen molar-refractivity contribution in [2.45, 2.75) is 52.6 Å². The SMILES string of the molecule is CCN1CCC(CNC(=O)CCC(=O)OC(C)(C)C)C1. The molecule has 0 aliphatic carbocycles. The van der Waals surface area contributed by atoms with Crippen LogP contribution in [-0.4, -0.2) is 48.6 Å². The molecule has 1 rings (SSSR count). The molecule has 20 heavy (non-hydrogen) atoms. The molecule has 116 valence electrons. The summed E-state index contributed by atoms with van der Waals surface area (Å²) in [6, 6.07) is 0. The number of esters is 1. The summed E-state index contributed by atoms with van der Waals surface area (Å²) in [5.74, 6) is 0.164. The van der Waals surface area contributed by atoms with Gasteiger partial charge in [-0.1, -0.05) is 6.92 Å². The number of nitrogens with zero attached hydrogens (tertiary/aromatic N) is 1. The number of carbonyl (C=O) groups excluding carboxylic acids is 2. The van der Waals surface area contributed by atoms with Crippen LogP contribution in [0.4, 0.5) is 0 Å². The van der Waals surface area contributed by atoms with Crippen molar-refractivity contribution >= 4 is 11.9 Å². The van der Waals surface area contributed by atoms with E-state index in [1.165, 1.54) is 0 Å². The molecule has 1 unspecified atom stereocenters. The van der Waals surface area contributed by atoms with Gasteiger partial charge >= 0.3 is 5.97 Å². The molecule has 0 saturated carbocycles. The number of amides is 1. The third kappa shape index (κ3) is 6.89. The number of likely N-dealkylation sites (tertiary alicyclic amines) is 1. The average molecular weight is 284 g/mol. The Morgan fingerprint density at radius 2 is 2.00 bits per heavy atom. The standard InChI is InChI=1S/C15H28N2O3/c1-5-17-9-8-12(11-17)10-16-13(18)6-7-14(19)20-15(2,3)4/h12H,5-11H2,1-4H3,(H,16,18). The number of hydrogen-bond acceptors (Lipinski definition) is 4. The summed E-state index contributed by atoms with van der Waals surface area (Å²) >= 11 is 0. The van der Waals surface area contributed by atoms with Crippen molar-refractivity contribution in [1.82, 2.24) is 10.2 Å². The fourth-order valence-corrected chi connectivity index (χ4v) is 2.32. The van der Waals surface area contributed by atoms with Gasteiger partial charge in [-0.25, -0.2) is 0 Å². The highest BCUT2D eigenvalue weighted by Gasteiger charge is 2.22. The minimum atomic E-state index is -0.485. The van der Waals surface area contributed by atoms with Crippen LogP contribution < -0.4 is 5.32 Å². The average Bonchev–Trinajstić information content (AvgIpc) is 2.79. The van der Waals surface area contributed by atoms with Crippen LogP contribution in [0.1, 0.15) is 47.0 Å². The third-order valence-corrected chi connectivity index (χ3v) is 3.38. The summed E-state index contributed by atoms with van der Waals surface area (Å²) in [5, 5.41) is 2.91. The minimum Gasteiger partial charge on any atom is -0.460 e. The number of carbonyl (C=O) groups is 2. The van der Waals surface area contributed by atoms with Crippen LogP contribution in [0.15, 0.2) is 0 Å². The van der Waals surface area contributed by atoms with Gasteiger partial charge in [0.25, 0.3) is 0 Å². The zero-order chi connectivity index (χ0) is 15.2.